The molecule has 0 unspecified atom stereocenters. The van der Waals surface area contributed by atoms with Crippen LogP contribution in [-0.4, -0.2) is 14.7 Å². The Morgan fingerprint density at radius 2 is 1.19 bits per heavy atom. The molecular formula is C19H16AsI. The maximum atomic E-state index is 2.51. The molecule has 0 aliphatic rings. The summed E-state index contributed by atoms with van der Waals surface area (Å²) < 4.78 is 5.92. The van der Waals surface area contributed by atoms with Crippen molar-refractivity contribution in [1.82, 2.24) is 0 Å². The third-order valence-electron chi connectivity index (χ3n) is 3.44. The standard InChI is InChI=1S/C19H16AsI/c1-15-9-8-14-18(19(15)21)20(16-10-4-2-5-11-16)17-12-6-3-7-13-17/h2-14H,1H3. The third-order valence-corrected chi connectivity index (χ3v) is 11.0. The van der Waals surface area contributed by atoms with Crippen LogP contribution in [0.4, 0.5) is 0 Å². The fourth-order valence-electron chi connectivity index (χ4n) is 2.39. The fourth-order valence-corrected chi connectivity index (χ4v) is 9.04. The minimum absolute atomic E-state index is 1.37. The van der Waals surface area contributed by atoms with E-state index in [0.717, 1.165) is 0 Å². The molecule has 0 nitrogen and oxygen atoms in total. The van der Waals surface area contributed by atoms with Gasteiger partial charge in [-0.3, -0.25) is 0 Å². The number of benzene rings is 3. The van der Waals surface area contributed by atoms with E-state index in [9.17, 15) is 0 Å². The Hall–Kier alpha value is -1.05. The number of aryl methyl sites for hydroxylation is 1. The van der Waals surface area contributed by atoms with Gasteiger partial charge in [-0.25, -0.2) is 0 Å². The average molecular weight is 446 g/mol. The van der Waals surface area contributed by atoms with E-state index < -0.39 is 14.7 Å². The molecule has 3 aromatic carbocycles. The molecule has 0 aliphatic carbocycles. The molecule has 3 rings (SSSR count). The van der Waals surface area contributed by atoms with Gasteiger partial charge in [-0.05, 0) is 0 Å². The van der Waals surface area contributed by atoms with Crippen LogP contribution in [0.5, 0.6) is 0 Å². The summed E-state index contributed by atoms with van der Waals surface area (Å²) in [4.78, 5) is 0. The first-order chi connectivity index (χ1) is 10.3. The van der Waals surface area contributed by atoms with Crippen LogP contribution in [-0.2, 0) is 0 Å². The number of hydrogen-bond donors (Lipinski definition) is 0. The first-order valence-electron chi connectivity index (χ1n) is 6.93. The van der Waals surface area contributed by atoms with Crippen molar-refractivity contribution < 1.29 is 0 Å². The molecule has 0 radical (unpaired) electrons. The summed E-state index contributed by atoms with van der Waals surface area (Å²) >= 11 is 1.04. The van der Waals surface area contributed by atoms with E-state index in [1.807, 2.05) is 0 Å². The van der Waals surface area contributed by atoms with Crippen molar-refractivity contribution in [3.63, 3.8) is 0 Å². The van der Waals surface area contributed by atoms with E-state index >= 15 is 0 Å². The van der Waals surface area contributed by atoms with E-state index in [4.69, 9.17) is 0 Å². The number of hydrogen-bond acceptors (Lipinski definition) is 0. The zero-order chi connectivity index (χ0) is 14.7. The molecule has 0 bridgehead atoms. The van der Waals surface area contributed by atoms with Gasteiger partial charge >= 0.3 is 145 Å². The molecule has 21 heavy (non-hydrogen) atoms. The van der Waals surface area contributed by atoms with E-state index in [0.29, 0.717) is 0 Å². The van der Waals surface area contributed by atoms with Crippen molar-refractivity contribution in [2.24, 2.45) is 0 Å². The molecule has 0 spiro atoms. The third kappa shape index (κ3) is 3.25. The molecule has 0 heterocycles. The monoisotopic (exact) mass is 446 g/mol. The van der Waals surface area contributed by atoms with E-state index in [1.165, 1.54) is 22.2 Å². The minimum atomic E-state index is -1.47. The second-order valence-corrected chi connectivity index (χ2v) is 10.6. The Bertz CT molecular complexity index is 684. The normalized spacial score (nSPS) is 10.8. The van der Waals surface area contributed by atoms with Crippen LogP contribution in [0.2, 0.25) is 0 Å². The van der Waals surface area contributed by atoms with Crippen LogP contribution in [0.1, 0.15) is 5.56 Å². The van der Waals surface area contributed by atoms with Crippen LogP contribution < -0.4 is 13.1 Å². The molecule has 0 aliphatic heterocycles. The van der Waals surface area contributed by atoms with Gasteiger partial charge in [-0.15, -0.1) is 0 Å². The average Bonchev–Trinajstić information content (AvgIpc) is 2.54. The van der Waals surface area contributed by atoms with Gasteiger partial charge in [0.25, 0.3) is 0 Å². The Morgan fingerprint density at radius 1 is 0.667 bits per heavy atom. The number of rotatable bonds is 3. The summed E-state index contributed by atoms with van der Waals surface area (Å²) in [7, 11) is 0. The molecule has 2 heteroatoms. The van der Waals surface area contributed by atoms with Crippen LogP contribution in [0.25, 0.3) is 0 Å². The predicted molar refractivity (Wildman–Crippen MR) is 101 cm³/mol. The summed E-state index contributed by atoms with van der Waals surface area (Å²) in [5, 5.41) is 0. The molecule has 3 aromatic rings. The molecule has 0 saturated carbocycles. The first kappa shape index (κ1) is 14.9. The van der Waals surface area contributed by atoms with Crippen LogP contribution in [0.3, 0.4) is 0 Å². The van der Waals surface area contributed by atoms with Crippen molar-refractivity contribution >= 4 is 50.3 Å². The number of halogens is 1. The molecule has 0 amide bonds. The second-order valence-electron chi connectivity index (χ2n) is 4.91. The van der Waals surface area contributed by atoms with Crippen molar-refractivity contribution in [2.45, 2.75) is 6.92 Å². The van der Waals surface area contributed by atoms with Crippen molar-refractivity contribution in [2.75, 3.05) is 0 Å². The summed E-state index contributed by atoms with van der Waals surface area (Å²) in [5.74, 6) is 0. The molecular weight excluding hydrogens is 430 g/mol. The van der Waals surface area contributed by atoms with Gasteiger partial charge in [-0.1, -0.05) is 0 Å². The van der Waals surface area contributed by atoms with Gasteiger partial charge in [0, 0.05) is 0 Å². The van der Waals surface area contributed by atoms with Crippen molar-refractivity contribution in [3.05, 3.63) is 88.0 Å². The van der Waals surface area contributed by atoms with Crippen molar-refractivity contribution in [3.8, 4) is 0 Å². The second kappa shape index (κ2) is 6.81. The zero-order valence-electron chi connectivity index (χ0n) is 11.8. The molecule has 0 aromatic heterocycles. The quantitative estimate of drug-likeness (QED) is 0.429. The molecule has 0 N–H and O–H groups in total. The van der Waals surface area contributed by atoms with Gasteiger partial charge in [0.2, 0.25) is 0 Å². The first-order valence-corrected chi connectivity index (χ1v) is 10.8. The van der Waals surface area contributed by atoms with E-state index in [-0.39, 0.29) is 0 Å². The van der Waals surface area contributed by atoms with Crippen LogP contribution in [0, 0.1) is 10.5 Å². The Labute approximate surface area is 144 Å². The van der Waals surface area contributed by atoms with Gasteiger partial charge in [0.15, 0.2) is 0 Å². The maximum absolute atomic E-state index is 2.51. The van der Waals surface area contributed by atoms with Crippen LogP contribution >= 0.6 is 22.6 Å². The van der Waals surface area contributed by atoms with Gasteiger partial charge in [0.1, 0.15) is 0 Å². The SMILES string of the molecule is Cc1cccc([As](c2ccccc2)c2ccccc2)c1I. The summed E-state index contributed by atoms with van der Waals surface area (Å²) in [6, 6.07) is 28.7. The zero-order valence-corrected chi connectivity index (χ0v) is 15.9. The summed E-state index contributed by atoms with van der Waals surface area (Å²) in [6.07, 6.45) is 0. The molecule has 104 valence electrons. The fraction of sp³-hybridized carbons (Fsp3) is 0.0526. The van der Waals surface area contributed by atoms with Gasteiger partial charge in [-0.2, -0.15) is 0 Å². The van der Waals surface area contributed by atoms with E-state index in [2.05, 4.69) is 108 Å². The molecule has 0 saturated heterocycles. The Kier molecular flexibility index (Phi) is 4.82. The summed E-state index contributed by atoms with van der Waals surface area (Å²) in [6.45, 7) is 2.20. The Morgan fingerprint density at radius 3 is 1.71 bits per heavy atom. The van der Waals surface area contributed by atoms with Gasteiger partial charge in [0.05, 0.1) is 0 Å². The molecule has 0 fully saturated rings. The molecule has 0 atom stereocenters. The van der Waals surface area contributed by atoms with E-state index in [1.54, 1.807) is 0 Å². The topological polar surface area (TPSA) is 0 Å². The van der Waals surface area contributed by atoms with Crippen LogP contribution in [0.15, 0.2) is 78.9 Å². The van der Waals surface area contributed by atoms with Gasteiger partial charge < -0.3 is 0 Å². The Balaban J connectivity index is 2.20. The summed E-state index contributed by atoms with van der Waals surface area (Å²) in [5.41, 5.74) is 1.37. The predicted octanol–water partition coefficient (Wildman–Crippen LogP) is 3.12. The van der Waals surface area contributed by atoms with Crippen molar-refractivity contribution in [1.29, 1.82) is 0 Å².